The van der Waals surface area contributed by atoms with E-state index in [9.17, 15) is 13.2 Å². The first-order valence-electron chi connectivity index (χ1n) is 10.9. The quantitative estimate of drug-likeness (QED) is 0.523. The van der Waals surface area contributed by atoms with Crippen molar-refractivity contribution in [1.82, 2.24) is 25.1 Å². The SMILES string of the molecule is Cn1nnnc1-c1ccc(S(=O)(=O)CCC2CCN(C(=O)OCc3ccccc3)CC2)cc1. The van der Waals surface area contributed by atoms with E-state index in [1.54, 1.807) is 36.2 Å². The Bertz CT molecular complexity index is 1170. The van der Waals surface area contributed by atoms with Crippen molar-refractivity contribution in [3.8, 4) is 11.4 Å². The molecule has 3 aromatic rings. The van der Waals surface area contributed by atoms with Crippen LogP contribution in [0, 0.1) is 5.92 Å². The number of aromatic nitrogens is 4. The van der Waals surface area contributed by atoms with Gasteiger partial charge in [-0.2, -0.15) is 0 Å². The molecule has 4 rings (SSSR count). The number of amides is 1. The Hall–Kier alpha value is -3.27. The molecule has 1 amide bonds. The van der Waals surface area contributed by atoms with Gasteiger partial charge in [0.05, 0.1) is 10.6 Å². The summed E-state index contributed by atoms with van der Waals surface area (Å²) in [6.07, 6.45) is 1.80. The third-order valence-corrected chi connectivity index (χ3v) is 7.73. The average molecular weight is 470 g/mol. The molecule has 1 aliphatic rings. The van der Waals surface area contributed by atoms with Crippen LogP contribution in [-0.2, 0) is 28.2 Å². The topological polar surface area (TPSA) is 107 Å². The maximum absolute atomic E-state index is 12.8. The van der Waals surface area contributed by atoms with Crippen molar-refractivity contribution in [3.63, 3.8) is 0 Å². The van der Waals surface area contributed by atoms with E-state index in [1.165, 1.54) is 4.68 Å². The second-order valence-electron chi connectivity index (χ2n) is 8.23. The normalized spacial score (nSPS) is 14.9. The van der Waals surface area contributed by atoms with Crippen molar-refractivity contribution < 1.29 is 17.9 Å². The van der Waals surface area contributed by atoms with E-state index in [2.05, 4.69) is 15.5 Å². The zero-order valence-corrected chi connectivity index (χ0v) is 19.3. The van der Waals surface area contributed by atoms with Crippen LogP contribution in [0.4, 0.5) is 4.79 Å². The molecule has 33 heavy (non-hydrogen) atoms. The molecule has 10 heteroatoms. The molecule has 0 bridgehead atoms. The Morgan fingerprint density at radius 1 is 1.06 bits per heavy atom. The van der Waals surface area contributed by atoms with Crippen LogP contribution >= 0.6 is 0 Å². The largest absolute Gasteiger partial charge is 0.445 e. The lowest BCUT2D eigenvalue weighted by Crippen LogP contribution is -2.39. The number of tetrazole rings is 1. The number of piperidine rings is 1. The Morgan fingerprint density at radius 2 is 1.76 bits per heavy atom. The fourth-order valence-electron chi connectivity index (χ4n) is 3.94. The van der Waals surface area contributed by atoms with Gasteiger partial charge < -0.3 is 9.64 Å². The van der Waals surface area contributed by atoms with Crippen LogP contribution in [0.5, 0.6) is 0 Å². The summed E-state index contributed by atoms with van der Waals surface area (Å²) < 4.78 is 32.5. The molecule has 174 valence electrons. The zero-order valence-electron chi connectivity index (χ0n) is 18.5. The number of carbonyl (C=O) groups is 1. The van der Waals surface area contributed by atoms with Gasteiger partial charge in [0, 0.05) is 25.7 Å². The van der Waals surface area contributed by atoms with E-state index in [0.717, 1.165) is 24.0 Å². The van der Waals surface area contributed by atoms with E-state index >= 15 is 0 Å². The highest BCUT2D eigenvalue weighted by Gasteiger charge is 2.25. The highest BCUT2D eigenvalue weighted by Crippen LogP contribution is 2.25. The highest BCUT2D eigenvalue weighted by atomic mass is 32.2. The molecule has 1 saturated heterocycles. The smallest absolute Gasteiger partial charge is 0.410 e. The number of carbonyl (C=O) groups excluding carboxylic acids is 1. The number of sulfone groups is 1. The van der Waals surface area contributed by atoms with Crippen LogP contribution in [0.2, 0.25) is 0 Å². The lowest BCUT2D eigenvalue weighted by molar-refractivity contribution is 0.0820. The molecule has 0 spiro atoms. The van der Waals surface area contributed by atoms with Gasteiger partial charge in [-0.15, -0.1) is 5.10 Å². The molecule has 0 atom stereocenters. The summed E-state index contributed by atoms with van der Waals surface area (Å²) >= 11 is 0. The molecular weight excluding hydrogens is 442 g/mol. The molecule has 0 aliphatic carbocycles. The fourth-order valence-corrected chi connectivity index (χ4v) is 5.37. The van der Waals surface area contributed by atoms with Gasteiger partial charge in [0.2, 0.25) is 0 Å². The molecule has 0 saturated carbocycles. The van der Waals surface area contributed by atoms with Crippen molar-refractivity contribution in [2.24, 2.45) is 13.0 Å². The number of aryl methyl sites for hydroxylation is 1. The lowest BCUT2D eigenvalue weighted by Gasteiger charge is -2.31. The van der Waals surface area contributed by atoms with Crippen molar-refractivity contribution >= 4 is 15.9 Å². The van der Waals surface area contributed by atoms with Crippen LogP contribution in [-0.4, -0.2) is 58.5 Å². The Labute approximate surface area is 193 Å². The summed E-state index contributed by atoms with van der Waals surface area (Å²) in [7, 11) is -1.66. The van der Waals surface area contributed by atoms with Gasteiger partial charge in [0.25, 0.3) is 0 Å². The molecule has 1 aromatic heterocycles. The molecule has 0 unspecified atom stereocenters. The minimum absolute atomic E-state index is 0.0843. The summed E-state index contributed by atoms with van der Waals surface area (Å²) in [5.74, 6) is 0.927. The molecule has 0 radical (unpaired) electrons. The summed E-state index contributed by atoms with van der Waals surface area (Å²) in [4.78, 5) is 14.3. The summed E-state index contributed by atoms with van der Waals surface area (Å²) in [6, 6.07) is 16.2. The number of benzene rings is 2. The number of nitrogens with zero attached hydrogens (tertiary/aromatic N) is 5. The first-order valence-corrected chi connectivity index (χ1v) is 12.6. The van der Waals surface area contributed by atoms with Gasteiger partial charge in [-0.25, -0.2) is 17.9 Å². The summed E-state index contributed by atoms with van der Waals surface area (Å²) in [5, 5.41) is 11.3. The van der Waals surface area contributed by atoms with Crippen molar-refractivity contribution in [3.05, 3.63) is 60.2 Å². The zero-order chi connectivity index (χ0) is 23.3. The number of hydrogen-bond donors (Lipinski definition) is 0. The van der Waals surface area contributed by atoms with Gasteiger partial charge in [-0.05, 0) is 65.4 Å². The third kappa shape index (κ3) is 5.75. The number of likely N-dealkylation sites (tertiary alicyclic amines) is 1. The fraction of sp³-hybridized carbons (Fsp3) is 0.391. The monoisotopic (exact) mass is 469 g/mol. The van der Waals surface area contributed by atoms with Gasteiger partial charge in [-0.1, -0.05) is 30.3 Å². The first kappa shape index (κ1) is 22.9. The van der Waals surface area contributed by atoms with Gasteiger partial charge in [0.1, 0.15) is 6.61 Å². The molecule has 1 aliphatic heterocycles. The minimum atomic E-state index is -3.39. The summed E-state index contributed by atoms with van der Waals surface area (Å²) in [6.45, 7) is 1.42. The Kier molecular flexibility index (Phi) is 7.02. The third-order valence-electron chi connectivity index (χ3n) is 5.96. The predicted octanol–water partition coefficient (Wildman–Crippen LogP) is 3.09. The van der Waals surface area contributed by atoms with E-state index in [-0.39, 0.29) is 24.4 Å². The molecule has 2 heterocycles. The lowest BCUT2D eigenvalue weighted by atomic mass is 9.95. The second-order valence-corrected chi connectivity index (χ2v) is 10.3. The minimum Gasteiger partial charge on any atom is -0.445 e. The van der Waals surface area contributed by atoms with Crippen LogP contribution in [0.3, 0.4) is 0 Å². The maximum Gasteiger partial charge on any atom is 0.410 e. The van der Waals surface area contributed by atoms with Crippen LogP contribution in [0.1, 0.15) is 24.8 Å². The van der Waals surface area contributed by atoms with Crippen molar-refractivity contribution in [2.75, 3.05) is 18.8 Å². The molecule has 1 fully saturated rings. The van der Waals surface area contributed by atoms with Gasteiger partial charge >= 0.3 is 6.09 Å². The van der Waals surface area contributed by atoms with Crippen LogP contribution < -0.4 is 0 Å². The molecule has 9 nitrogen and oxygen atoms in total. The molecular formula is C23H27N5O4S. The van der Waals surface area contributed by atoms with Crippen molar-refractivity contribution in [1.29, 1.82) is 0 Å². The standard InChI is InChI=1S/C23H27N5O4S/c1-27-22(24-25-26-27)20-7-9-21(10-8-20)33(30,31)16-13-18-11-14-28(15-12-18)23(29)32-17-19-5-3-2-4-6-19/h2-10,18H,11-17H2,1H3. The van der Waals surface area contributed by atoms with Crippen LogP contribution in [0.15, 0.2) is 59.5 Å². The van der Waals surface area contributed by atoms with E-state index in [4.69, 9.17) is 4.74 Å². The van der Waals surface area contributed by atoms with E-state index < -0.39 is 9.84 Å². The molecule has 2 aromatic carbocycles. The van der Waals surface area contributed by atoms with E-state index in [0.29, 0.717) is 30.2 Å². The van der Waals surface area contributed by atoms with Crippen LogP contribution in [0.25, 0.3) is 11.4 Å². The number of rotatable bonds is 7. The Balaban J connectivity index is 1.24. The van der Waals surface area contributed by atoms with Gasteiger partial charge in [-0.3, -0.25) is 0 Å². The number of ether oxygens (including phenoxy) is 1. The average Bonchev–Trinajstić information content (AvgIpc) is 3.28. The highest BCUT2D eigenvalue weighted by molar-refractivity contribution is 7.91. The Morgan fingerprint density at radius 3 is 2.39 bits per heavy atom. The maximum atomic E-state index is 12.8. The number of hydrogen-bond acceptors (Lipinski definition) is 7. The van der Waals surface area contributed by atoms with Gasteiger partial charge in [0.15, 0.2) is 15.7 Å². The first-order chi connectivity index (χ1) is 15.9. The predicted molar refractivity (Wildman–Crippen MR) is 122 cm³/mol. The van der Waals surface area contributed by atoms with Crippen molar-refractivity contribution in [2.45, 2.75) is 30.8 Å². The second kappa shape index (κ2) is 10.1. The van der Waals surface area contributed by atoms with E-state index in [1.807, 2.05) is 30.3 Å². The molecule has 0 N–H and O–H groups in total. The summed E-state index contributed by atoms with van der Waals surface area (Å²) in [5.41, 5.74) is 1.71.